The average Bonchev–Trinajstić information content (AvgIpc) is 2.83. The minimum atomic E-state index is -0.262. The number of rotatable bonds is 5. The van der Waals surface area contributed by atoms with Crippen molar-refractivity contribution in [1.82, 2.24) is 9.55 Å². The van der Waals surface area contributed by atoms with E-state index in [2.05, 4.69) is 15.6 Å². The van der Waals surface area contributed by atoms with E-state index in [1.54, 1.807) is 0 Å². The molecule has 3 nitrogen and oxygen atoms in total. The Hall–Kier alpha value is -1.35. The van der Waals surface area contributed by atoms with Crippen LogP contribution in [0.1, 0.15) is 50.8 Å². The van der Waals surface area contributed by atoms with Crippen LogP contribution >= 0.6 is 0 Å². The number of aliphatic hydroxyl groups is 1. The molecular weight excluding hydrogens is 260 g/mol. The van der Waals surface area contributed by atoms with Gasteiger partial charge in [-0.3, -0.25) is 0 Å². The van der Waals surface area contributed by atoms with Crippen LogP contribution in [0.5, 0.6) is 0 Å². The fraction of sp³-hybridized carbons (Fsp3) is 0.611. The van der Waals surface area contributed by atoms with Crippen molar-refractivity contribution in [2.24, 2.45) is 13.0 Å². The summed E-state index contributed by atoms with van der Waals surface area (Å²) in [6, 6.07) is 8.17. The van der Waals surface area contributed by atoms with Crippen LogP contribution in [0.25, 0.3) is 11.0 Å². The first-order valence-electron chi connectivity index (χ1n) is 8.32. The van der Waals surface area contributed by atoms with E-state index in [0.29, 0.717) is 6.42 Å². The number of imidazole rings is 1. The Labute approximate surface area is 127 Å². The maximum absolute atomic E-state index is 10.3. The third-order valence-corrected chi connectivity index (χ3v) is 4.93. The molecule has 1 heterocycles. The molecule has 0 saturated heterocycles. The lowest BCUT2D eigenvalue weighted by molar-refractivity contribution is 0.146. The molecule has 1 atom stereocenters. The van der Waals surface area contributed by atoms with Crippen molar-refractivity contribution in [3.8, 4) is 0 Å². The zero-order valence-corrected chi connectivity index (χ0v) is 13.0. The van der Waals surface area contributed by atoms with E-state index in [4.69, 9.17) is 0 Å². The number of benzene rings is 1. The zero-order chi connectivity index (χ0) is 14.7. The van der Waals surface area contributed by atoms with Crippen molar-refractivity contribution < 1.29 is 5.11 Å². The summed E-state index contributed by atoms with van der Waals surface area (Å²) in [6.45, 7) is 0. The molecule has 0 aliphatic heterocycles. The number of hydrogen-bond donors (Lipinski definition) is 1. The predicted octanol–water partition coefficient (Wildman–Crippen LogP) is 3.84. The molecule has 0 amide bonds. The number of fused-ring (bicyclic) bond motifs is 1. The standard InChI is InChI=1S/C18H26N2O/c1-20-17-10-6-5-9-16(17)19-18(20)13-15(21)12-11-14-7-3-2-4-8-14/h5-6,9-10,14-15,21H,2-4,7-8,11-13H2,1H3. The van der Waals surface area contributed by atoms with Gasteiger partial charge in [-0.05, 0) is 30.9 Å². The second-order valence-corrected chi connectivity index (χ2v) is 6.52. The van der Waals surface area contributed by atoms with Gasteiger partial charge in [-0.2, -0.15) is 0 Å². The van der Waals surface area contributed by atoms with E-state index in [1.165, 1.54) is 38.5 Å². The smallest absolute Gasteiger partial charge is 0.112 e. The van der Waals surface area contributed by atoms with Gasteiger partial charge in [0.25, 0.3) is 0 Å². The third-order valence-electron chi connectivity index (χ3n) is 4.93. The monoisotopic (exact) mass is 286 g/mol. The van der Waals surface area contributed by atoms with Gasteiger partial charge in [-0.25, -0.2) is 4.98 Å². The Kier molecular flexibility index (Phi) is 4.59. The lowest BCUT2D eigenvalue weighted by atomic mass is 9.85. The maximum atomic E-state index is 10.3. The molecule has 0 radical (unpaired) electrons. The highest BCUT2D eigenvalue weighted by atomic mass is 16.3. The highest BCUT2D eigenvalue weighted by Gasteiger charge is 2.17. The van der Waals surface area contributed by atoms with Crippen LogP contribution in [0.3, 0.4) is 0 Å². The van der Waals surface area contributed by atoms with Gasteiger partial charge < -0.3 is 9.67 Å². The predicted molar refractivity (Wildman–Crippen MR) is 86.2 cm³/mol. The molecule has 1 aliphatic carbocycles. The molecule has 21 heavy (non-hydrogen) atoms. The third kappa shape index (κ3) is 3.46. The van der Waals surface area contributed by atoms with Crippen molar-refractivity contribution in [3.05, 3.63) is 30.1 Å². The Morgan fingerprint density at radius 2 is 2.00 bits per heavy atom. The Morgan fingerprint density at radius 1 is 1.24 bits per heavy atom. The Balaban J connectivity index is 1.58. The van der Waals surface area contributed by atoms with Crippen molar-refractivity contribution in [2.45, 2.75) is 57.5 Å². The Morgan fingerprint density at radius 3 is 2.76 bits per heavy atom. The van der Waals surface area contributed by atoms with Crippen molar-refractivity contribution in [3.63, 3.8) is 0 Å². The maximum Gasteiger partial charge on any atom is 0.112 e. The van der Waals surface area contributed by atoms with Crippen LogP contribution in [-0.4, -0.2) is 20.8 Å². The highest BCUT2D eigenvalue weighted by molar-refractivity contribution is 5.75. The number of hydrogen-bond acceptors (Lipinski definition) is 2. The topological polar surface area (TPSA) is 38.0 Å². The lowest BCUT2D eigenvalue weighted by Crippen LogP contribution is -2.16. The van der Waals surface area contributed by atoms with E-state index < -0.39 is 0 Å². The molecule has 1 aliphatic rings. The van der Waals surface area contributed by atoms with Gasteiger partial charge in [0.2, 0.25) is 0 Å². The number of aliphatic hydroxyl groups excluding tert-OH is 1. The summed E-state index contributed by atoms with van der Waals surface area (Å²) in [5.41, 5.74) is 2.17. The summed E-state index contributed by atoms with van der Waals surface area (Å²) in [7, 11) is 2.04. The molecule has 114 valence electrons. The zero-order valence-electron chi connectivity index (χ0n) is 13.0. The number of nitrogens with zero attached hydrogens (tertiary/aromatic N) is 2. The minimum Gasteiger partial charge on any atom is -0.393 e. The van der Waals surface area contributed by atoms with Gasteiger partial charge in [0.05, 0.1) is 17.1 Å². The molecule has 3 heteroatoms. The second-order valence-electron chi connectivity index (χ2n) is 6.52. The molecule has 3 rings (SSSR count). The number of para-hydroxylation sites is 2. The summed E-state index contributed by atoms with van der Waals surface area (Å²) in [6.07, 6.45) is 9.37. The first-order valence-corrected chi connectivity index (χ1v) is 8.32. The van der Waals surface area contributed by atoms with E-state index >= 15 is 0 Å². The van der Waals surface area contributed by atoms with Gasteiger partial charge in [-0.15, -0.1) is 0 Å². The minimum absolute atomic E-state index is 0.262. The first-order chi connectivity index (χ1) is 10.2. The van der Waals surface area contributed by atoms with E-state index in [1.807, 2.05) is 25.2 Å². The summed E-state index contributed by atoms with van der Waals surface area (Å²) in [5.74, 6) is 1.83. The van der Waals surface area contributed by atoms with Gasteiger partial charge in [-0.1, -0.05) is 44.2 Å². The lowest BCUT2D eigenvalue weighted by Gasteiger charge is -2.22. The first kappa shape index (κ1) is 14.6. The second kappa shape index (κ2) is 6.61. The summed E-state index contributed by atoms with van der Waals surface area (Å²) < 4.78 is 2.11. The SMILES string of the molecule is Cn1c(CC(O)CCC2CCCCC2)nc2ccccc21. The molecule has 1 fully saturated rings. The van der Waals surface area contributed by atoms with Crippen molar-refractivity contribution in [2.75, 3.05) is 0 Å². The summed E-state index contributed by atoms with van der Waals surface area (Å²) >= 11 is 0. The molecule has 1 unspecified atom stereocenters. The largest absolute Gasteiger partial charge is 0.393 e. The molecule has 1 aromatic heterocycles. The fourth-order valence-corrected chi connectivity index (χ4v) is 3.59. The summed E-state index contributed by atoms with van der Waals surface area (Å²) in [5, 5.41) is 10.3. The van der Waals surface area contributed by atoms with Crippen LogP contribution in [0, 0.1) is 5.92 Å². The van der Waals surface area contributed by atoms with Crippen LogP contribution in [-0.2, 0) is 13.5 Å². The number of aromatic nitrogens is 2. The van der Waals surface area contributed by atoms with E-state index in [0.717, 1.165) is 29.2 Å². The van der Waals surface area contributed by atoms with Crippen molar-refractivity contribution in [1.29, 1.82) is 0 Å². The quantitative estimate of drug-likeness (QED) is 0.907. The highest BCUT2D eigenvalue weighted by Crippen LogP contribution is 2.28. The molecule has 1 aromatic carbocycles. The van der Waals surface area contributed by atoms with Crippen LogP contribution < -0.4 is 0 Å². The molecule has 1 N–H and O–H groups in total. The molecule has 0 spiro atoms. The Bertz CT molecular complexity index is 584. The number of aryl methyl sites for hydroxylation is 1. The van der Waals surface area contributed by atoms with E-state index in [-0.39, 0.29) is 6.10 Å². The summed E-state index contributed by atoms with van der Waals surface area (Å²) in [4.78, 5) is 4.65. The van der Waals surface area contributed by atoms with Gasteiger partial charge in [0.15, 0.2) is 0 Å². The average molecular weight is 286 g/mol. The molecular formula is C18H26N2O. The van der Waals surface area contributed by atoms with E-state index in [9.17, 15) is 5.11 Å². The van der Waals surface area contributed by atoms with Crippen LogP contribution in [0.4, 0.5) is 0 Å². The van der Waals surface area contributed by atoms with Gasteiger partial charge >= 0.3 is 0 Å². The molecule has 1 saturated carbocycles. The van der Waals surface area contributed by atoms with Crippen LogP contribution in [0.15, 0.2) is 24.3 Å². The molecule has 0 bridgehead atoms. The van der Waals surface area contributed by atoms with Crippen molar-refractivity contribution >= 4 is 11.0 Å². The molecule has 2 aromatic rings. The normalized spacial score (nSPS) is 18.2. The van der Waals surface area contributed by atoms with Gasteiger partial charge in [0.1, 0.15) is 5.82 Å². The van der Waals surface area contributed by atoms with Gasteiger partial charge in [0, 0.05) is 13.5 Å². The fourth-order valence-electron chi connectivity index (χ4n) is 3.59. The van der Waals surface area contributed by atoms with Crippen LogP contribution in [0.2, 0.25) is 0 Å².